The fraction of sp³-hybridized carbons (Fsp3) is 0.391. The van der Waals surface area contributed by atoms with Gasteiger partial charge in [0.2, 0.25) is 5.91 Å². The van der Waals surface area contributed by atoms with Crippen molar-refractivity contribution in [2.45, 2.75) is 32.9 Å². The number of hydrogen-bond donors (Lipinski definition) is 1. The Balaban J connectivity index is 1.37. The zero-order valence-electron chi connectivity index (χ0n) is 16.7. The lowest BCUT2D eigenvalue weighted by atomic mass is 9.97. The molecular formula is C23H28N4O. The number of nitrogens with one attached hydrogen (secondary N) is 1. The lowest BCUT2D eigenvalue weighted by Crippen LogP contribution is -2.42. The molecule has 0 aliphatic carbocycles. The Hall–Kier alpha value is -2.66. The van der Waals surface area contributed by atoms with Gasteiger partial charge < -0.3 is 9.88 Å². The number of aromatic nitrogens is 2. The van der Waals surface area contributed by atoms with E-state index in [0.29, 0.717) is 6.54 Å². The molecule has 5 heteroatoms. The van der Waals surface area contributed by atoms with Crippen LogP contribution in [-0.2, 0) is 24.9 Å². The summed E-state index contributed by atoms with van der Waals surface area (Å²) in [6.45, 7) is 5.27. The monoisotopic (exact) mass is 376 g/mol. The summed E-state index contributed by atoms with van der Waals surface area (Å²) in [6, 6.07) is 16.5. The first-order valence-corrected chi connectivity index (χ1v) is 10.1. The Labute approximate surface area is 166 Å². The van der Waals surface area contributed by atoms with Gasteiger partial charge in [-0.3, -0.25) is 9.69 Å². The smallest absolute Gasteiger partial charge is 0.224 e. The van der Waals surface area contributed by atoms with Crippen LogP contribution in [0.1, 0.15) is 29.8 Å². The number of aryl methyl sites for hydroxylation is 2. The summed E-state index contributed by atoms with van der Waals surface area (Å²) in [5, 5.41) is 3.13. The Bertz CT molecular complexity index is 978. The molecule has 1 aliphatic heterocycles. The van der Waals surface area contributed by atoms with Crippen LogP contribution in [0.15, 0.2) is 48.5 Å². The Morgan fingerprint density at radius 1 is 1.21 bits per heavy atom. The molecule has 0 unspecified atom stereocenters. The summed E-state index contributed by atoms with van der Waals surface area (Å²) in [6.07, 6.45) is 2.01. The van der Waals surface area contributed by atoms with E-state index in [1.807, 2.05) is 18.2 Å². The lowest BCUT2D eigenvalue weighted by Gasteiger charge is -2.31. The van der Waals surface area contributed by atoms with Crippen molar-refractivity contribution in [1.82, 2.24) is 19.8 Å². The Kier molecular flexibility index (Phi) is 5.44. The van der Waals surface area contributed by atoms with Crippen molar-refractivity contribution in [1.29, 1.82) is 0 Å². The predicted octanol–water partition coefficient (Wildman–Crippen LogP) is 3.41. The van der Waals surface area contributed by atoms with Gasteiger partial charge in [-0.1, -0.05) is 42.0 Å². The van der Waals surface area contributed by atoms with Gasteiger partial charge in [0.25, 0.3) is 0 Å². The van der Waals surface area contributed by atoms with Crippen LogP contribution >= 0.6 is 0 Å². The summed E-state index contributed by atoms with van der Waals surface area (Å²) >= 11 is 0. The number of carbonyl (C=O) groups excluding carboxylic acids is 1. The third-order valence-corrected chi connectivity index (χ3v) is 5.67. The minimum Gasteiger partial charge on any atom is -0.352 e. The standard InChI is InChI=1S/C23H28N4O/c1-17-7-5-8-18(13-17)14-24-23(28)19-9-6-12-27(15-19)16-22-25-20-10-3-4-11-21(20)26(22)2/h3-5,7-8,10-11,13,19H,6,9,12,14-16H2,1-2H3,(H,24,28)/t19-/m1/s1. The number of carbonyl (C=O) groups is 1. The first kappa shape index (κ1) is 18.7. The van der Waals surface area contributed by atoms with Crippen LogP contribution in [0, 0.1) is 12.8 Å². The number of likely N-dealkylation sites (tertiary alicyclic amines) is 1. The number of amides is 1. The van der Waals surface area contributed by atoms with Crippen molar-refractivity contribution in [3.8, 4) is 0 Å². The van der Waals surface area contributed by atoms with Gasteiger partial charge in [-0.05, 0) is 44.0 Å². The Morgan fingerprint density at radius 3 is 2.89 bits per heavy atom. The van der Waals surface area contributed by atoms with Crippen molar-refractivity contribution in [2.75, 3.05) is 13.1 Å². The summed E-state index contributed by atoms with van der Waals surface area (Å²) < 4.78 is 2.16. The Morgan fingerprint density at radius 2 is 2.07 bits per heavy atom. The molecule has 146 valence electrons. The molecule has 0 radical (unpaired) electrons. The van der Waals surface area contributed by atoms with Crippen molar-refractivity contribution in [3.63, 3.8) is 0 Å². The normalized spacial score (nSPS) is 17.7. The molecule has 5 nitrogen and oxygen atoms in total. The number of hydrogen-bond acceptors (Lipinski definition) is 3. The van der Waals surface area contributed by atoms with Crippen molar-refractivity contribution in [3.05, 3.63) is 65.5 Å². The molecule has 2 heterocycles. The fourth-order valence-electron chi connectivity index (χ4n) is 4.11. The van der Waals surface area contributed by atoms with Gasteiger partial charge in [-0.2, -0.15) is 0 Å². The second-order valence-corrected chi connectivity index (χ2v) is 7.86. The first-order chi connectivity index (χ1) is 13.6. The van der Waals surface area contributed by atoms with Crippen LogP contribution in [-0.4, -0.2) is 33.4 Å². The van der Waals surface area contributed by atoms with Gasteiger partial charge in [-0.25, -0.2) is 4.98 Å². The first-order valence-electron chi connectivity index (χ1n) is 10.1. The molecule has 1 fully saturated rings. The number of imidazole rings is 1. The van der Waals surface area contributed by atoms with E-state index in [9.17, 15) is 4.79 Å². The zero-order chi connectivity index (χ0) is 19.5. The molecule has 3 aromatic rings. The molecule has 0 spiro atoms. The molecule has 1 aliphatic rings. The predicted molar refractivity (Wildman–Crippen MR) is 112 cm³/mol. The van der Waals surface area contributed by atoms with Gasteiger partial charge in [0.05, 0.1) is 23.5 Å². The van der Waals surface area contributed by atoms with Gasteiger partial charge in [-0.15, -0.1) is 0 Å². The molecule has 2 aromatic carbocycles. The molecule has 1 amide bonds. The highest BCUT2D eigenvalue weighted by atomic mass is 16.1. The van der Waals surface area contributed by atoms with Gasteiger partial charge >= 0.3 is 0 Å². The molecule has 4 rings (SSSR count). The molecule has 1 atom stereocenters. The second kappa shape index (κ2) is 8.15. The number of rotatable bonds is 5. The lowest BCUT2D eigenvalue weighted by molar-refractivity contribution is -0.127. The van der Waals surface area contributed by atoms with Crippen molar-refractivity contribution in [2.24, 2.45) is 13.0 Å². The SMILES string of the molecule is Cc1cccc(CNC(=O)[C@@H]2CCCN(Cc3nc4ccccc4n3C)C2)c1. The highest BCUT2D eigenvalue weighted by Crippen LogP contribution is 2.21. The van der Waals surface area contributed by atoms with Crippen molar-refractivity contribution >= 4 is 16.9 Å². The van der Waals surface area contributed by atoms with E-state index in [1.165, 1.54) is 5.56 Å². The number of nitrogens with zero attached hydrogens (tertiary/aromatic N) is 3. The van der Waals surface area contributed by atoms with E-state index < -0.39 is 0 Å². The maximum atomic E-state index is 12.7. The number of piperidine rings is 1. The van der Waals surface area contributed by atoms with Crippen LogP contribution in [0.3, 0.4) is 0 Å². The summed E-state index contributed by atoms with van der Waals surface area (Å²) in [7, 11) is 2.07. The van der Waals surface area contributed by atoms with E-state index in [2.05, 4.69) is 59.1 Å². The topological polar surface area (TPSA) is 50.2 Å². The number of fused-ring (bicyclic) bond motifs is 1. The fourth-order valence-corrected chi connectivity index (χ4v) is 4.11. The van der Waals surface area contributed by atoms with Crippen LogP contribution in [0.4, 0.5) is 0 Å². The highest BCUT2D eigenvalue weighted by molar-refractivity contribution is 5.79. The summed E-state index contributed by atoms with van der Waals surface area (Å²) in [4.78, 5) is 19.8. The molecule has 1 saturated heterocycles. The van der Waals surface area contributed by atoms with Crippen LogP contribution < -0.4 is 5.32 Å². The van der Waals surface area contributed by atoms with E-state index in [0.717, 1.165) is 54.9 Å². The maximum absolute atomic E-state index is 12.7. The third kappa shape index (κ3) is 4.09. The third-order valence-electron chi connectivity index (χ3n) is 5.67. The molecule has 0 saturated carbocycles. The van der Waals surface area contributed by atoms with Crippen LogP contribution in [0.25, 0.3) is 11.0 Å². The van der Waals surface area contributed by atoms with Crippen LogP contribution in [0.2, 0.25) is 0 Å². The minimum atomic E-state index is 0.0493. The molecule has 28 heavy (non-hydrogen) atoms. The zero-order valence-corrected chi connectivity index (χ0v) is 16.7. The van der Waals surface area contributed by atoms with E-state index in [4.69, 9.17) is 4.98 Å². The molecular weight excluding hydrogens is 348 g/mol. The van der Waals surface area contributed by atoms with Crippen LogP contribution in [0.5, 0.6) is 0 Å². The molecule has 1 N–H and O–H groups in total. The van der Waals surface area contributed by atoms with Crippen molar-refractivity contribution < 1.29 is 4.79 Å². The summed E-state index contributed by atoms with van der Waals surface area (Å²) in [5.74, 6) is 1.27. The van der Waals surface area contributed by atoms with E-state index in [1.54, 1.807) is 0 Å². The maximum Gasteiger partial charge on any atom is 0.224 e. The quantitative estimate of drug-likeness (QED) is 0.742. The average Bonchev–Trinajstić information content (AvgIpc) is 3.02. The summed E-state index contributed by atoms with van der Waals surface area (Å²) in [5.41, 5.74) is 4.56. The van der Waals surface area contributed by atoms with E-state index in [-0.39, 0.29) is 11.8 Å². The molecule has 1 aromatic heterocycles. The largest absolute Gasteiger partial charge is 0.352 e. The average molecular weight is 377 g/mol. The second-order valence-electron chi connectivity index (χ2n) is 7.86. The number of para-hydroxylation sites is 2. The van der Waals surface area contributed by atoms with Gasteiger partial charge in [0, 0.05) is 20.1 Å². The minimum absolute atomic E-state index is 0.0493. The van der Waals surface area contributed by atoms with Gasteiger partial charge in [0.15, 0.2) is 0 Å². The number of benzene rings is 2. The van der Waals surface area contributed by atoms with E-state index >= 15 is 0 Å². The molecule has 0 bridgehead atoms. The highest BCUT2D eigenvalue weighted by Gasteiger charge is 2.26. The van der Waals surface area contributed by atoms with Gasteiger partial charge in [0.1, 0.15) is 5.82 Å².